The van der Waals surface area contributed by atoms with Crippen LogP contribution in [-0.2, 0) is 20.9 Å². The van der Waals surface area contributed by atoms with Crippen LogP contribution in [0.2, 0.25) is 0 Å². The van der Waals surface area contributed by atoms with E-state index < -0.39 is 6.64 Å². The van der Waals surface area contributed by atoms with Gasteiger partial charge < -0.3 is 9.05 Å². The van der Waals surface area contributed by atoms with Gasteiger partial charge >= 0.3 is 0 Å². The average Bonchev–Trinajstić information content (AvgIpc) is 1.83. The summed E-state index contributed by atoms with van der Waals surface area (Å²) in [5.74, 6) is 0. The van der Waals surface area contributed by atoms with Crippen molar-refractivity contribution in [1.29, 1.82) is 0 Å². The van der Waals surface area contributed by atoms with Crippen LogP contribution in [0.5, 0.6) is 0 Å². The van der Waals surface area contributed by atoms with Gasteiger partial charge in [-0.3, -0.25) is 0 Å². The molecule has 3 nitrogen and oxygen atoms in total. The number of hydrogen-bond acceptors (Lipinski definition) is 3. The first-order valence-electron chi connectivity index (χ1n) is 4.05. The zero-order valence-electron chi connectivity index (χ0n) is 8.33. The molecule has 0 fully saturated rings. The molecule has 0 rings (SSSR count). The van der Waals surface area contributed by atoms with E-state index in [1.807, 2.05) is 27.7 Å². The molecule has 0 amide bonds. The van der Waals surface area contributed by atoms with Crippen LogP contribution in [0.3, 0.4) is 0 Å². The highest BCUT2D eigenvalue weighted by molar-refractivity contribution is 8.08. The molecule has 1 N–H and O–H groups in total. The molecule has 0 aromatic carbocycles. The molecule has 0 unspecified atom stereocenters. The highest BCUT2D eigenvalue weighted by Gasteiger charge is 2.19. The minimum Gasteiger partial charge on any atom is -0.315 e. The molecular formula is C7H18NO2PS. The zero-order chi connectivity index (χ0) is 9.78. The molecule has 0 aliphatic carbocycles. The van der Waals surface area contributed by atoms with E-state index in [1.54, 1.807) is 7.05 Å². The summed E-state index contributed by atoms with van der Waals surface area (Å²) in [6.07, 6.45) is 0.198. The fraction of sp³-hybridized carbons (Fsp3) is 1.00. The van der Waals surface area contributed by atoms with Gasteiger partial charge in [-0.1, -0.05) is 0 Å². The van der Waals surface area contributed by atoms with E-state index >= 15 is 0 Å². The topological polar surface area (TPSA) is 30.5 Å². The third-order valence-electron chi connectivity index (χ3n) is 0.973. The lowest BCUT2D eigenvalue weighted by atomic mass is 10.5. The predicted octanol–water partition coefficient (Wildman–Crippen LogP) is 2.28. The van der Waals surface area contributed by atoms with E-state index in [4.69, 9.17) is 20.9 Å². The largest absolute Gasteiger partial charge is 0.315 e. The van der Waals surface area contributed by atoms with E-state index in [9.17, 15) is 0 Å². The maximum absolute atomic E-state index is 5.49. The Kier molecular flexibility index (Phi) is 5.53. The van der Waals surface area contributed by atoms with Gasteiger partial charge in [0.2, 0.25) is 0 Å². The minimum atomic E-state index is -2.23. The molecular weight excluding hydrogens is 193 g/mol. The first kappa shape index (κ1) is 12.5. The standard InChI is InChI=1S/C7H18NO2PS/c1-6(2)9-11(12,8-5)10-7(3)4/h6-7H,1-5H3,(H,8,12). The Morgan fingerprint density at radius 1 is 1.08 bits per heavy atom. The molecule has 74 valence electrons. The summed E-state index contributed by atoms with van der Waals surface area (Å²) >= 11 is 5.21. The molecule has 0 spiro atoms. The average molecular weight is 211 g/mol. The van der Waals surface area contributed by atoms with Gasteiger partial charge in [0.25, 0.3) is 6.64 Å². The van der Waals surface area contributed by atoms with E-state index in [-0.39, 0.29) is 12.2 Å². The maximum Gasteiger partial charge on any atom is 0.261 e. The Morgan fingerprint density at radius 3 is 1.58 bits per heavy atom. The summed E-state index contributed by atoms with van der Waals surface area (Å²) in [6.45, 7) is 5.56. The van der Waals surface area contributed by atoms with Crippen molar-refractivity contribution >= 4 is 18.4 Å². The van der Waals surface area contributed by atoms with Crippen molar-refractivity contribution in [3.05, 3.63) is 0 Å². The molecule has 0 aromatic heterocycles. The molecule has 0 saturated carbocycles. The van der Waals surface area contributed by atoms with Gasteiger partial charge in [0.1, 0.15) is 0 Å². The van der Waals surface area contributed by atoms with Crippen molar-refractivity contribution < 1.29 is 9.05 Å². The normalized spacial score (nSPS) is 12.9. The summed E-state index contributed by atoms with van der Waals surface area (Å²) in [7, 11) is 1.77. The van der Waals surface area contributed by atoms with Gasteiger partial charge in [-0.25, -0.2) is 5.09 Å². The Bertz CT molecular complexity index is 159. The van der Waals surface area contributed by atoms with E-state index in [0.717, 1.165) is 0 Å². The number of rotatable bonds is 5. The SMILES string of the molecule is CNP(=S)(OC(C)C)OC(C)C. The van der Waals surface area contributed by atoms with E-state index in [1.165, 1.54) is 0 Å². The van der Waals surface area contributed by atoms with Crippen LogP contribution in [0.15, 0.2) is 0 Å². The van der Waals surface area contributed by atoms with Gasteiger partial charge in [0.05, 0.1) is 12.2 Å². The van der Waals surface area contributed by atoms with Gasteiger partial charge in [-0.15, -0.1) is 0 Å². The monoisotopic (exact) mass is 211 g/mol. The van der Waals surface area contributed by atoms with Crippen molar-refractivity contribution in [1.82, 2.24) is 5.09 Å². The van der Waals surface area contributed by atoms with E-state index in [2.05, 4.69) is 5.09 Å². The highest BCUT2D eigenvalue weighted by atomic mass is 32.5. The molecule has 5 heteroatoms. The van der Waals surface area contributed by atoms with Gasteiger partial charge in [-0.05, 0) is 46.5 Å². The first-order valence-corrected chi connectivity index (χ1v) is 6.69. The fourth-order valence-corrected chi connectivity index (χ4v) is 3.09. The predicted molar refractivity (Wildman–Crippen MR) is 55.8 cm³/mol. The van der Waals surface area contributed by atoms with E-state index in [0.29, 0.717) is 0 Å². The Balaban J connectivity index is 4.15. The first-order chi connectivity index (χ1) is 5.39. The molecule has 0 saturated heterocycles. The number of hydrogen-bond donors (Lipinski definition) is 1. The van der Waals surface area contributed by atoms with Crippen LogP contribution in [0.25, 0.3) is 0 Å². The maximum atomic E-state index is 5.49. The van der Waals surface area contributed by atoms with Crippen LogP contribution >= 0.6 is 6.64 Å². The van der Waals surface area contributed by atoms with Gasteiger partial charge in [0, 0.05) is 0 Å². The molecule has 0 heterocycles. The van der Waals surface area contributed by atoms with Crippen molar-refractivity contribution in [2.45, 2.75) is 39.9 Å². The lowest BCUT2D eigenvalue weighted by Crippen LogP contribution is -2.16. The highest BCUT2D eigenvalue weighted by Crippen LogP contribution is 2.45. The van der Waals surface area contributed by atoms with Crippen LogP contribution in [0.1, 0.15) is 27.7 Å². The zero-order valence-corrected chi connectivity index (χ0v) is 10.0. The summed E-state index contributed by atoms with van der Waals surface area (Å²) in [4.78, 5) is 0. The van der Waals surface area contributed by atoms with Crippen LogP contribution in [0.4, 0.5) is 0 Å². The molecule has 0 aromatic rings. The van der Waals surface area contributed by atoms with Gasteiger partial charge in [0.15, 0.2) is 0 Å². The minimum absolute atomic E-state index is 0.0991. The van der Waals surface area contributed by atoms with Crippen LogP contribution in [0, 0.1) is 0 Å². The summed E-state index contributed by atoms with van der Waals surface area (Å²) in [5, 5.41) is 2.92. The van der Waals surface area contributed by atoms with Crippen molar-refractivity contribution in [3.8, 4) is 0 Å². The lowest BCUT2D eigenvalue weighted by Gasteiger charge is -2.25. The molecule has 0 aliphatic rings. The Morgan fingerprint density at radius 2 is 1.42 bits per heavy atom. The molecule has 0 bridgehead atoms. The van der Waals surface area contributed by atoms with Crippen LogP contribution < -0.4 is 5.09 Å². The Hall–Kier alpha value is 0.530. The quantitative estimate of drug-likeness (QED) is 0.707. The van der Waals surface area contributed by atoms with Crippen LogP contribution in [-0.4, -0.2) is 19.3 Å². The second-order valence-electron chi connectivity index (χ2n) is 3.03. The van der Waals surface area contributed by atoms with Crippen molar-refractivity contribution in [2.75, 3.05) is 7.05 Å². The van der Waals surface area contributed by atoms with Gasteiger partial charge in [-0.2, -0.15) is 0 Å². The summed E-state index contributed by atoms with van der Waals surface area (Å²) in [6, 6.07) is 0. The second-order valence-corrected chi connectivity index (χ2v) is 6.34. The molecule has 0 atom stereocenters. The third kappa shape index (κ3) is 5.22. The van der Waals surface area contributed by atoms with Crippen molar-refractivity contribution in [3.63, 3.8) is 0 Å². The smallest absolute Gasteiger partial charge is 0.261 e. The summed E-state index contributed by atoms with van der Waals surface area (Å²) < 4.78 is 11.0. The fourth-order valence-electron chi connectivity index (χ4n) is 0.685. The summed E-state index contributed by atoms with van der Waals surface area (Å²) in [5.41, 5.74) is 0. The molecule has 0 radical (unpaired) electrons. The third-order valence-corrected chi connectivity index (χ3v) is 3.98. The number of nitrogens with one attached hydrogen (secondary N) is 1. The molecule has 0 aliphatic heterocycles. The molecule has 12 heavy (non-hydrogen) atoms. The Labute approximate surface area is 80.1 Å². The second kappa shape index (κ2) is 5.30. The lowest BCUT2D eigenvalue weighted by molar-refractivity contribution is 0.170. The van der Waals surface area contributed by atoms with Crippen molar-refractivity contribution in [2.24, 2.45) is 0 Å².